The summed E-state index contributed by atoms with van der Waals surface area (Å²) in [6, 6.07) is 0. The number of carbonyl (C=O) groups is 2. The van der Waals surface area contributed by atoms with E-state index >= 15 is 0 Å². The Morgan fingerprint density at radius 1 is 0.921 bits per heavy atom. The van der Waals surface area contributed by atoms with Crippen molar-refractivity contribution in [1.82, 2.24) is 0 Å². The summed E-state index contributed by atoms with van der Waals surface area (Å²) in [5, 5.41) is 11.4. The minimum absolute atomic E-state index is 0.00796. The lowest BCUT2D eigenvalue weighted by molar-refractivity contribution is -0.217. The summed E-state index contributed by atoms with van der Waals surface area (Å²) in [6.07, 6.45) is 11.0. The molecule has 1 unspecified atom stereocenters. The number of allylic oxidation sites excluding steroid dienone is 2. The van der Waals surface area contributed by atoms with E-state index in [-0.39, 0.29) is 51.5 Å². The second-order valence-corrected chi connectivity index (χ2v) is 15.5. The van der Waals surface area contributed by atoms with Gasteiger partial charge in [-0.25, -0.2) is 0 Å². The molecule has 0 aromatic heterocycles. The maximum atomic E-state index is 13.5. The highest BCUT2D eigenvalue weighted by Gasteiger charge is 2.70. The van der Waals surface area contributed by atoms with Gasteiger partial charge in [-0.05, 0) is 98.7 Å². The molecule has 5 aliphatic rings. The zero-order valence-electron chi connectivity index (χ0n) is 25.4. The van der Waals surface area contributed by atoms with Gasteiger partial charge in [-0.3, -0.25) is 9.59 Å². The number of esters is 2. The van der Waals surface area contributed by atoms with Gasteiger partial charge in [-0.2, -0.15) is 0 Å². The molecule has 0 spiro atoms. The number of fused-ring (bicyclic) bond motifs is 7. The minimum Gasteiger partial charge on any atom is -0.469 e. The fourth-order valence-corrected chi connectivity index (χ4v) is 11.4. The molecule has 0 amide bonds. The van der Waals surface area contributed by atoms with Gasteiger partial charge in [0.1, 0.15) is 6.10 Å². The summed E-state index contributed by atoms with van der Waals surface area (Å²) >= 11 is 0. The lowest BCUT2D eigenvalue weighted by atomic mass is 9.33. The third kappa shape index (κ3) is 3.45. The van der Waals surface area contributed by atoms with Crippen LogP contribution in [-0.2, 0) is 19.1 Å². The summed E-state index contributed by atoms with van der Waals surface area (Å²) < 4.78 is 11.4. The molecule has 5 rings (SSSR count). The fraction of sp³-hybridized carbons (Fsp3) is 0.879. The summed E-state index contributed by atoms with van der Waals surface area (Å²) in [6.45, 7) is 17.9. The van der Waals surface area contributed by atoms with Gasteiger partial charge in [0.05, 0.1) is 18.1 Å². The number of ether oxygens (including phenoxy) is 2. The van der Waals surface area contributed by atoms with Gasteiger partial charge < -0.3 is 14.6 Å². The van der Waals surface area contributed by atoms with Crippen LogP contribution in [0.25, 0.3) is 0 Å². The molecule has 10 atom stereocenters. The Hall–Kier alpha value is -1.36. The molecule has 0 saturated heterocycles. The molecule has 0 aliphatic heterocycles. The van der Waals surface area contributed by atoms with E-state index < -0.39 is 11.0 Å². The Kier molecular flexibility index (Phi) is 6.36. The first-order valence-electron chi connectivity index (χ1n) is 15.2. The van der Waals surface area contributed by atoms with Crippen LogP contribution in [0.1, 0.15) is 113 Å². The zero-order valence-corrected chi connectivity index (χ0v) is 25.4. The number of aliphatic hydroxyl groups is 1. The van der Waals surface area contributed by atoms with E-state index in [4.69, 9.17) is 9.47 Å². The number of rotatable bonds is 2. The molecule has 5 nitrogen and oxygen atoms in total. The standard InChI is InChI=1S/C33H52O5/c1-20-26-22-10-11-24-29(5)14-13-25(38-21(2)34)28(3,4)23(29)12-15-31(24,7)30(22,6)16-18-33(26,27(35)37-9)19-17-32(20,8)36/h10,20,23-26,36H,11-19H2,1-9H3/t20-,23+,24-,25?,26+,29+,30-,31-,32+,33-/m1/s1. The Balaban J connectivity index is 1.58. The Bertz CT molecular complexity index is 1040. The topological polar surface area (TPSA) is 72.8 Å². The number of hydrogen-bond donors (Lipinski definition) is 1. The molecule has 4 fully saturated rings. The van der Waals surface area contributed by atoms with Crippen molar-refractivity contribution in [2.75, 3.05) is 7.11 Å². The third-order valence-electron chi connectivity index (χ3n) is 13.9. The molecule has 0 bridgehead atoms. The van der Waals surface area contributed by atoms with Crippen LogP contribution in [0.3, 0.4) is 0 Å². The summed E-state index contributed by atoms with van der Waals surface area (Å²) in [4.78, 5) is 25.4. The van der Waals surface area contributed by atoms with E-state index in [9.17, 15) is 14.7 Å². The number of methoxy groups -OCH3 is 1. The normalized spacial score (nSPS) is 51.3. The van der Waals surface area contributed by atoms with Crippen LogP contribution in [-0.4, -0.2) is 35.9 Å². The first-order valence-corrected chi connectivity index (χ1v) is 15.2. The van der Waals surface area contributed by atoms with E-state index in [1.165, 1.54) is 19.6 Å². The van der Waals surface area contributed by atoms with Crippen molar-refractivity contribution in [3.8, 4) is 0 Å². The van der Waals surface area contributed by atoms with Crippen molar-refractivity contribution < 1.29 is 24.2 Å². The van der Waals surface area contributed by atoms with Crippen LogP contribution in [0, 0.1) is 50.7 Å². The van der Waals surface area contributed by atoms with Crippen LogP contribution in [0.15, 0.2) is 11.6 Å². The van der Waals surface area contributed by atoms with E-state index in [0.717, 1.165) is 44.9 Å². The van der Waals surface area contributed by atoms with E-state index in [0.29, 0.717) is 24.7 Å². The van der Waals surface area contributed by atoms with Gasteiger partial charge in [0, 0.05) is 18.3 Å². The van der Waals surface area contributed by atoms with Crippen LogP contribution in [0.5, 0.6) is 0 Å². The van der Waals surface area contributed by atoms with Crippen LogP contribution >= 0.6 is 0 Å². The lowest BCUT2D eigenvalue weighted by Gasteiger charge is -2.71. The second kappa shape index (κ2) is 8.57. The van der Waals surface area contributed by atoms with Gasteiger partial charge in [0.15, 0.2) is 0 Å². The van der Waals surface area contributed by atoms with Crippen LogP contribution < -0.4 is 0 Å². The Morgan fingerprint density at radius 3 is 2.21 bits per heavy atom. The monoisotopic (exact) mass is 528 g/mol. The van der Waals surface area contributed by atoms with Gasteiger partial charge in [-0.1, -0.05) is 53.2 Å². The molecule has 0 radical (unpaired) electrons. The van der Waals surface area contributed by atoms with E-state index in [2.05, 4.69) is 47.6 Å². The van der Waals surface area contributed by atoms with E-state index in [1.54, 1.807) is 0 Å². The van der Waals surface area contributed by atoms with Crippen molar-refractivity contribution in [3.05, 3.63) is 11.6 Å². The van der Waals surface area contributed by atoms with Crippen molar-refractivity contribution in [3.63, 3.8) is 0 Å². The smallest absolute Gasteiger partial charge is 0.312 e. The highest BCUT2D eigenvalue weighted by Crippen LogP contribution is 2.76. The van der Waals surface area contributed by atoms with Crippen molar-refractivity contribution in [2.45, 2.75) is 125 Å². The molecular weight excluding hydrogens is 476 g/mol. The predicted octanol–water partition coefficient (Wildman–Crippen LogP) is 6.86. The maximum Gasteiger partial charge on any atom is 0.312 e. The number of hydrogen-bond acceptors (Lipinski definition) is 5. The van der Waals surface area contributed by atoms with Crippen molar-refractivity contribution in [2.24, 2.45) is 50.7 Å². The van der Waals surface area contributed by atoms with Crippen molar-refractivity contribution >= 4 is 11.9 Å². The molecule has 0 aromatic carbocycles. The molecule has 38 heavy (non-hydrogen) atoms. The first-order chi connectivity index (χ1) is 17.5. The SMILES string of the molecule is COC(=O)[C@]12CC[C@](C)(O)[C@H](C)[C@H]1C1=CC[C@@H]3[C@@]4(C)CCC(OC(C)=O)C(C)(C)[C@@H]4CC[C@@]3(C)[C@]1(C)CC2. The van der Waals surface area contributed by atoms with Gasteiger partial charge >= 0.3 is 11.9 Å². The summed E-state index contributed by atoms with van der Waals surface area (Å²) in [7, 11) is 1.53. The average Bonchev–Trinajstić information content (AvgIpc) is 2.83. The molecular formula is C33H52O5. The highest BCUT2D eigenvalue weighted by atomic mass is 16.5. The Morgan fingerprint density at radius 2 is 1.58 bits per heavy atom. The predicted molar refractivity (Wildman–Crippen MR) is 148 cm³/mol. The second-order valence-electron chi connectivity index (χ2n) is 15.5. The molecule has 0 heterocycles. The van der Waals surface area contributed by atoms with Gasteiger partial charge in [0.25, 0.3) is 0 Å². The minimum atomic E-state index is -0.790. The Labute approximate surface area is 230 Å². The third-order valence-corrected chi connectivity index (χ3v) is 13.9. The van der Waals surface area contributed by atoms with Gasteiger partial charge in [0.2, 0.25) is 0 Å². The fourth-order valence-electron chi connectivity index (χ4n) is 11.4. The summed E-state index contributed by atoms with van der Waals surface area (Å²) in [5.74, 6) is 0.783. The largest absolute Gasteiger partial charge is 0.469 e. The number of carbonyl (C=O) groups excluding carboxylic acids is 2. The molecule has 1 N–H and O–H groups in total. The van der Waals surface area contributed by atoms with Crippen LogP contribution in [0.4, 0.5) is 0 Å². The highest BCUT2D eigenvalue weighted by molar-refractivity contribution is 5.78. The molecule has 5 heteroatoms. The van der Waals surface area contributed by atoms with Gasteiger partial charge in [-0.15, -0.1) is 0 Å². The van der Waals surface area contributed by atoms with Crippen LogP contribution in [0.2, 0.25) is 0 Å². The lowest BCUT2D eigenvalue weighted by Crippen LogP contribution is -2.66. The molecule has 5 aliphatic carbocycles. The zero-order chi connectivity index (χ0) is 28.1. The maximum absolute atomic E-state index is 13.5. The first kappa shape index (κ1) is 28.2. The summed E-state index contributed by atoms with van der Waals surface area (Å²) in [5.41, 5.74) is 0.295. The van der Waals surface area contributed by atoms with Crippen molar-refractivity contribution in [1.29, 1.82) is 0 Å². The molecule has 214 valence electrons. The molecule has 4 saturated carbocycles. The molecule has 0 aromatic rings. The quantitative estimate of drug-likeness (QED) is 0.313. The van der Waals surface area contributed by atoms with E-state index in [1.807, 2.05) is 6.92 Å². The average molecular weight is 529 g/mol.